The van der Waals surface area contributed by atoms with Crippen molar-refractivity contribution in [1.82, 2.24) is 4.72 Å². The summed E-state index contributed by atoms with van der Waals surface area (Å²) in [5.74, 6) is 0.549. The molecule has 0 atom stereocenters. The smallest absolute Gasteiger partial charge is 0.209 e. The lowest BCUT2D eigenvalue weighted by Gasteiger charge is -2.38. The second-order valence-corrected chi connectivity index (χ2v) is 6.54. The lowest BCUT2D eigenvalue weighted by molar-refractivity contribution is 0.253. The zero-order valence-electron chi connectivity index (χ0n) is 10.3. The molecule has 0 spiro atoms. The molecule has 1 aliphatic carbocycles. The van der Waals surface area contributed by atoms with Gasteiger partial charge in [0, 0.05) is 0 Å². The standard InChI is InChI=1S/C10H21N3O3S/c1-3-8-4-6-10(7-5-8,9(11)12-14)13-17(2,15)16/h8,13-14H,3-7H2,1-2H3,(H2,11,12). The van der Waals surface area contributed by atoms with Crippen molar-refractivity contribution >= 4 is 15.9 Å². The number of sulfonamides is 1. The predicted molar refractivity (Wildman–Crippen MR) is 66.4 cm³/mol. The van der Waals surface area contributed by atoms with Gasteiger partial charge >= 0.3 is 0 Å². The molecule has 0 amide bonds. The molecule has 7 heteroatoms. The maximum absolute atomic E-state index is 11.4. The van der Waals surface area contributed by atoms with Crippen LogP contribution in [-0.2, 0) is 10.0 Å². The molecule has 0 aromatic carbocycles. The molecule has 0 bridgehead atoms. The van der Waals surface area contributed by atoms with E-state index >= 15 is 0 Å². The first kappa shape index (κ1) is 14.2. The molecule has 6 nitrogen and oxygen atoms in total. The van der Waals surface area contributed by atoms with Gasteiger partial charge in [-0.05, 0) is 31.6 Å². The third-order valence-electron chi connectivity index (χ3n) is 3.51. The largest absolute Gasteiger partial charge is 0.409 e. The van der Waals surface area contributed by atoms with E-state index in [4.69, 9.17) is 10.9 Å². The molecule has 0 heterocycles. The van der Waals surface area contributed by atoms with Gasteiger partial charge in [-0.25, -0.2) is 13.1 Å². The van der Waals surface area contributed by atoms with Crippen LogP contribution in [-0.4, -0.2) is 31.3 Å². The van der Waals surface area contributed by atoms with Gasteiger partial charge in [0.05, 0.1) is 11.8 Å². The average molecular weight is 263 g/mol. The normalized spacial score (nSPS) is 31.4. The molecule has 4 N–H and O–H groups in total. The van der Waals surface area contributed by atoms with Crippen molar-refractivity contribution < 1.29 is 13.6 Å². The second kappa shape index (κ2) is 5.22. The molecule has 0 aromatic heterocycles. The summed E-state index contributed by atoms with van der Waals surface area (Å²) in [6, 6.07) is 0. The van der Waals surface area contributed by atoms with Gasteiger partial charge in [-0.15, -0.1) is 0 Å². The van der Waals surface area contributed by atoms with E-state index in [1.165, 1.54) is 0 Å². The van der Waals surface area contributed by atoms with Crippen molar-refractivity contribution in [3.63, 3.8) is 0 Å². The van der Waals surface area contributed by atoms with Crippen LogP contribution in [0.5, 0.6) is 0 Å². The molecule has 1 saturated carbocycles. The van der Waals surface area contributed by atoms with Crippen LogP contribution in [0.25, 0.3) is 0 Å². The Labute approximate surface area is 102 Å². The highest BCUT2D eigenvalue weighted by Gasteiger charge is 2.41. The zero-order chi connectivity index (χ0) is 13.1. The molecule has 0 saturated heterocycles. The van der Waals surface area contributed by atoms with E-state index in [0.29, 0.717) is 18.8 Å². The van der Waals surface area contributed by atoms with E-state index in [1.807, 2.05) is 0 Å². The number of hydrogen-bond acceptors (Lipinski definition) is 4. The van der Waals surface area contributed by atoms with E-state index in [0.717, 1.165) is 25.5 Å². The minimum Gasteiger partial charge on any atom is -0.409 e. The summed E-state index contributed by atoms with van der Waals surface area (Å²) in [5.41, 5.74) is 4.74. The van der Waals surface area contributed by atoms with Crippen LogP contribution in [0.4, 0.5) is 0 Å². The lowest BCUT2D eigenvalue weighted by Crippen LogP contribution is -2.58. The number of nitrogens with zero attached hydrogens (tertiary/aromatic N) is 1. The number of nitrogens with two attached hydrogens (primary N) is 1. The van der Waals surface area contributed by atoms with E-state index < -0.39 is 15.6 Å². The molecular formula is C10H21N3O3S. The summed E-state index contributed by atoms with van der Waals surface area (Å²) >= 11 is 0. The molecule has 1 rings (SSSR count). The number of oxime groups is 1. The van der Waals surface area contributed by atoms with Crippen LogP contribution < -0.4 is 10.5 Å². The van der Waals surface area contributed by atoms with Crippen molar-refractivity contribution in [2.75, 3.05) is 6.26 Å². The van der Waals surface area contributed by atoms with Crippen LogP contribution in [0.3, 0.4) is 0 Å². The first-order chi connectivity index (χ1) is 7.83. The maximum atomic E-state index is 11.4. The predicted octanol–water partition coefficient (Wildman–Crippen LogP) is 0.621. The van der Waals surface area contributed by atoms with E-state index in [2.05, 4.69) is 16.8 Å². The minimum absolute atomic E-state index is 0.0440. The number of amidine groups is 1. The fourth-order valence-electron chi connectivity index (χ4n) is 2.44. The first-order valence-corrected chi connectivity index (χ1v) is 7.69. The van der Waals surface area contributed by atoms with Gasteiger partial charge < -0.3 is 10.9 Å². The molecule has 1 fully saturated rings. The highest BCUT2D eigenvalue weighted by Crippen LogP contribution is 2.34. The van der Waals surface area contributed by atoms with Crippen LogP contribution in [0.2, 0.25) is 0 Å². The Bertz CT molecular complexity index is 384. The molecular weight excluding hydrogens is 242 g/mol. The van der Waals surface area contributed by atoms with Crippen LogP contribution in [0, 0.1) is 5.92 Å². The van der Waals surface area contributed by atoms with Crippen molar-refractivity contribution in [2.24, 2.45) is 16.8 Å². The topological polar surface area (TPSA) is 105 Å². The summed E-state index contributed by atoms with van der Waals surface area (Å²) < 4.78 is 25.3. The van der Waals surface area contributed by atoms with Crippen molar-refractivity contribution in [2.45, 2.75) is 44.6 Å². The van der Waals surface area contributed by atoms with Crippen LogP contribution >= 0.6 is 0 Å². The Morgan fingerprint density at radius 1 is 1.53 bits per heavy atom. The van der Waals surface area contributed by atoms with Crippen molar-refractivity contribution in [3.8, 4) is 0 Å². The number of rotatable bonds is 4. The van der Waals surface area contributed by atoms with Gasteiger partial charge in [-0.1, -0.05) is 18.5 Å². The van der Waals surface area contributed by atoms with Gasteiger partial charge in [0.1, 0.15) is 0 Å². The number of nitrogens with one attached hydrogen (secondary N) is 1. The summed E-state index contributed by atoms with van der Waals surface area (Å²) in [6.45, 7) is 2.12. The van der Waals surface area contributed by atoms with Crippen LogP contribution in [0.15, 0.2) is 5.16 Å². The molecule has 0 aliphatic heterocycles. The summed E-state index contributed by atoms with van der Waals surface area (Å²) in [4.78, 5) is 0. The molecule has 0 aromatic rings. The summed E-state index contributed by atoms with van der Waals surface area (Å²) in [7, 11) is -3.38. The summed E-state index contributed by atoms with van der Waals surface area (Å²) in [5, 5.41) is 11.8. The van der Waals surface area contributed by atoms with Crippen molar-refractivity contribution in [1.29, 1.82) is 0 Å². The van der Waals surface area contributed by atoms with Gasteiger partial charge in [0.2, 0.25) is 10.0 Å². The van der Waals surface area contributed by atoms with Crippen molar-refractivity contribution in [3.05, 3.63) is 0 Å². The summed E-state index contributed by atoms with van der Waals surface area (Å²) in [6.07, 6.45) is 5.09. The zero-order valence-corrected chi connectivity index (χ0v) is 11.1. The Kier molecular flexibility index (Phi) is 4.37. The second-order valence-electron chi connectivity index (χ2n) is 4.79. The van der Waals surface area contributed by atoms with E-state index in [1.54, 1.807) is 0 Å². The van der Waals surface area contributed by atoms with E-state index in [9.17, 15) is 8.42 Å². The van der Waals surface area contributed by atoms with Gasteiger partial charge in [-0.2, -0.15) is 0 Å². The Morgan fingerprint density at radius 3 is 2.41 bits per heavy atom. The fraction of sp³-hybridized carbons (Fsp3) is 0.900. The fourth-order valence-corrected chi connectivity index (χ4v) is 3.46. The van der Waals surface area contributed by atoms with Gasteiger partial charge in [0.25, 0.3) is 0 Å². The molecule has 1 aliphatic rings. The molecule has 17 heavy (non-hydrogen) atoms. The Balaban J connectivity index is 2.90. The maximum Gasteiger partial charge on any atom is 0.209 e. The number of hydrogen-bond donors (Lipinski definition) is 3. The highest BCUT2D eigenvalue weighted by molar-refractivity contribution is 7.88. The Hall–Kier alpha value is -0.820. The third kappa shape index (κ3) is 3.57. The lowest BCUT2D eigenvalue weighted by atomic mass is 9.75. The average Bonchev–Trinajstić information content (AvgIpc) is 2.26. The Morgan fingerprint density at radius 2 is 2.06 bits per heavy atom. The third-order valence-corrected chi connectivity index (χ3v) is 4.28. The van der Waals surface area contributed by atoms with Crippen LogP contribution in [0.1, 0.15) is 39.0 Å². The first-order valence-electron chi connectivity index (χ1n) is 5.80. The molecule has 100 valence electrons. The molecule has 0 unspecified atom stereocenters. The monoisotopic (exact) mass is 263 g/mol. The van der Waals surface area contributed by atoms with E-state index in [-0.39, 0.29) is 5.84 Å². The minimum atomic E-state index is -3.38. The quantitative estimate of drug-likeness (QED) is 0.299. The van der Waals surface area contributed by atoms with Gasteiger partial charge in [-0.3, -0.25) is 0 Å². The highest BCUT2D eigenvalue weighted by atomic mass is 32.2. The molecule has 0 radical (unpaired) electrons. The SMILES string of the molecule is CCC1CCC(NS(C)(=O)=O)(/C(N)=N/O)CC1. The van der Waals surface area contributed by atoms with Gasteiger partial charge in [0.15, 0.2) is 5.84 Å².